The molecule has 0 saturated heterocycles. The monoisotopic (exact) mass is 146 g/mol. The Kier molecular flexibility index (Phi) is 5.91. The smallest absolute Gasteiger partial charge is 0.271 e. The first kappa shape index (κ1) is 9.26. The molecule has 0 fully saturated rings. The summed E-state index contributed by atoms with van der Waals surface area (Å²) in [7, 11) is 0. The van der Waals surface area contributed by atoms with Crippen LogP contribution in [0.25, 0.3) is 0 Å². The highest BCUT2D eigenvalue weighted by Crippen LogP contribution is 1.92. The topological polar surface area (TPSA) is 70.5 Å². The Morgan fingerprint density at radius 1 is 1.10 bits per heavy atom. The zero-order valence-corrected chi connectivity index (χ0v) is 6.01. The highest BCUT2D eigenvalue weighted by atomic mass is 16.7. The summed E-state index contributed by atoms with van der Waals surface area (Å²) in [6.07, 6.45) is 0. The lowest BCUT2D eigenvalue weighted by molar-refractivity contribution is 0.0436. The van der Waals surface area contributed by atoms with Crippen molar-refractivity contribution in [1.29, 1.82) is 0 Å². The van der Waals surface area contributed by atoms with Crippen LogP contribution in [0.4, 0.5) is 0 Å². The predicted octanol–water partition coefficient (Wildman–Crippen LogP) is -0.592. The molecule has 0 saturated carbocycles. The molecule has 0 atom stereocenters. The van der Waals surface area contributed by atoms with Crippen LogP contribution in [-0.2, 0) is 9.47 Å². The third-order valence-corrected chi connectivity index (χ3v) is 0.762. The summed E-state index contributed by atoms with van der Waals surface area (Å²) in [6, 6.07) is 0. The van der Waals surface area contributed by atoms with Crippen molar-refractivity contribution in [1.82, 2.24) is 0 Å². The summed E-state index contributed by atoms with van der Waals surface area (Å²) >= 11 is 0. The van der Waals surface area contributed by atoms with Crippen molar-refractivity contribution in [3.8, 4) is 0 Å². The lowest BCUT2D eigenvalue weighted by atomic mass is 10.7. The molecule has 60 valence electrons. The molecule has 0 bridgehead atoms. The lowest BCUT2D eigenvalue weighted by Crippen LogP contribution is -2.12. The van der Waals surface area contributed by atoms with E-state index in [0.717, 1.165) is 0 Å². The number of hydrogen-bond acceptors (Lipinski definition) is 4. The maximum absolute atomic E-state index is 5.16. The normalized spacial score (nSPS) is 9.00. The number of nitrogens with two attached hydrogens (primary N) is 2. The average molecular weight is 146 g/mol. The number of hydrogen-bond donors (Lipinski definition) is 2. The highest BCUT2D eigenvalue weighted by Gasteiger charge is 1.91. The maximum Gasteiger partial charge on any atom is 0.271 e. The van der Waals surface area contributed by atoms with Crippen LogP contribution < -0.4 is 11.5 Å². The number of ether oxygens (including phenoxy) is 2. The van der Waals surface area contributed by atoms with E-state index in [1.54, 1.807) is 0 Å². The molecule has 0 aromatic heterocycles. The summed E-state index contributed by atoms with van der Waals surface area (Å²) in [4.78, 5) is 0. The van der Waals surface area contributed by atoms with Crippen LogP contribution in [0.1, 0.15) is 0 Å². The Balaban J connectivity index is 3.09. The SMILES string of the molecule is C=C(OCCN)OCCN. The standard InChI is InChI=1S/C6H14N2O2/c1-6(9-4-2-7)10-5-3-8/h1-5,7-8H2. The summed E-state index contributed by atoms with van der Waals surface area (Å²) < 4.78 is 9.79. The van der Waals surface area contributed by atoms with Crippen LogP contribution >= 0.6 is 0 Å². The van der Waals surface area contributed by atoms with Gasteiger partial charge in [-0.1, -0.05) is 0 Å². The van der Waals surface area contributed by atoms with Crippen LogP contribution in [0, 0.1) is 0 Å². The molecule has 0 aliphatic carbocycles. The largest absolute Gasteiger partial charge is 0.465 e. The van der Waals surface area contributed by atoms with Crippen molar-refractivity contribution < 1.29 is 9.47 Å². The van der Waals surface area contributed by atoms with Crippen molar-refractivity contribution >= 4 is 0 Å². The molecule has 0 radical (unpaired) electrons. The fourth-order valence-corrected chi connectivity index (χ4v) is 0.387. The van der Waals surface area contributed by atoms with Gasteiger partial charge in [-0.3, -0.25) is 0 Å². The molecule has 0 amide bonds. The van der Waals surface area contributed by atoms with Gasteiger partial charge in [0.1, 0.15) is 13.2 Å². The Labute approximate surface area is 60.8 Å². The van der Waals surface area contributed by atoms with Gasteiger partial charge in [-0.15, -0.1) is 0 Å². The zero-order chi connectivity index (χ0) is 7.82. The lowest BCUT2D eigenvalue weighted by Gasteiger charge is -2.07. The molecule has 4 nitrogen and oxygen atoms in total. The molecule has 0 heterocycles. The molecule has 10 heavy (non-hydrogen) atoms. The van der Waals surface area contributed by atoms with Gasteiger partial charge in [0.05, 0.1) is 0 Å². The summed E-state index contributed by atoms with van der Waals surface area (Å²) in [5, 5.41) is 0. The van der Waals surface area contributed by atoms with Gasteiger partial charge in [-0.2, -0.15) is 0 Å². The minimum atomic E-state index is 0.288. The zero-order valence-electron chi connectivity index (χ0n) is 6.01. The van der Waals surface area contributed by atoms with Crippen molar-refractivity contribution in [2.75, 3.05) is 26.3 Å². The molecular weight excluding hydrogens is 132 g/mol. The Bertz CT molecular complexity index is 85.7. The molecule has 0 aliphatic heterocycles. The van der Waals surface area contributed by atoms with Gasteiger partial charge in [0.25, 0.3) is 5.95 Å². The van der Waals surface area contributed by atoms with Crippen molar-refractivity contribution in [3.63, 3.8) is 0 Å². The fraction of sp³-hybridized carbons (Fsp3) is 0.667. The van der Waals surface area contributed by atoms with Crippen LogP contribution in [0.3, 0.4) is 0 Å². The Morgan fingerprint density at radius 2 is 1.50 bits per heavy atom. The first-order chi connectivity index (χ1) is 4.81. The second kappa shape index (κ2) is 6.38. The van der Waals surface area contributed by atoms with Crippen molar-refractivity contribution in [3.05, 3.63) is 12.5 Å². The molecule has 4 N–H and O–H groups in total. The van der Waals surface area contributed by atoms with Crippen LogP contribution in [0.15, 0.2) is 12.5 Å². The van der Waals surface area contributed by atoms with Gasteiger partial charge in [-0.25, -0.2) is 0 Å². The third-order valence-electron chi connectivity index (χ3n) is 0.762. The van der Waals surface area contributed by atoms with Crippen molar-refractivity contribution in [2.45, 2.75) is 0 Å². The second-order valence-electron chi connectivity index (χ2n) is 1.65. The molecule has 0 aliphatic rings. The molecule has 0 rings (SSSR count). The molecular formula is C6H14N2O2. The minimum absolute atomic E-state index is 0.288. The third kappa shape index (κ3) is 5.40. The van der Waals surface area contributed by atoms with Gasteiger partial charge in [-0.05, 0) is 6.58 Å². The summed E-state index contributed by atoms with van der Waals surface area (Å²) in [5.74, 6) is 0.288. The van der Waals surface area contributed by atoms with Gasteiger partial charge >= 0.3 is 0 Å². The minimum Gasteiger partial charge on any atom is -0.465 e. The highest BCUT2D eigenvalue weighted by molar-refractivity contribution is 4.67. The Morgan fingerprint density at radius 3 is 1.80 bits per heavy atom. The van der Waals surface area contributed by atoms with E-state index in [1.807, 2.05) is 0 Å². The number of rotatable bonds is 6. The van der Waals surface area contributed by atoms with Gasteiger partial charge < -0.3 is 20.9 Å². The van der Waals surface area contributed by atoms with Crippen molar-refractivity contribution in [2.24, 2.45) is 11.5 Å². The first-order valence-corrected chi connectivity index (χ1v) is 3.16. The van der Waals surface area contributed by atoms with Crippen LogP contribution in [0.2, 0.25) is 0 Å². The van der Waals surface area contributed by atoms with E-state index in [4.69, 9.17) is 20.9 Å². The Hall–Kier alpha value is -0.740. The van der Waals surface area contributed by atoms with E-state index in [0.29, 0.717) is 26.3 Å². The van der Waals surface area contributed by atoms with E-state index in [1.165, 1.54) is 0 Å². The van der Waals surface area contributed by atoms with Gasteiger partial charge in [0.2, 0.25) is 0 Å². The fourth-order valence-electron chi connectivity index (χ4n) is 0.387. The van der Waals surface area contributed by atoms with Gasteiger partial charge in [0.15, 0.2) is 0 Å². The van der Waals surface area contributed by atoms with E-state index in [9.17, 15) is 0 Å². The average Bonchev–Trinajstić information content (AvgIpc) is 1.97. The van der Waals surface area contributed by atoms with E-state index in [2.05, 4.69) is 6.58 Å². The van der Waals surface area contributed by atoms with E-state index < -0.39 is 0 Å². The van der Waals surface area contributed by atoms with Gasteiger partial charge in [0, 0.05) is 13.1 Å². The molecule has 4 heteroatoms. The summed E-state index contributed by atoms with van der Waals surface area (Å²) in [6.45, 7) is 5.27. The summed E-state index contributed by atoms with van der Waals surface area (Å²) in [5.41, 5.74) is 10.3. The maximum atomic E-state index is 5.16. The van der Waals surface area contributed by atoms with E-state index >= 15 is 0 Å². The van der Waals surface area contributed by atoms with E-state index in [-0.39, 0.29) is 5.95 Å². The molecule has 0 unspecified atom stereocenters. The molecule has 0 aromatic rings. The molecule has 0 aromatic carbocycles. The van der Waals surface area contributed by atoms with Crippen LogP contribution in [0.5, 0.6) is 0 Å². The predicted molar refractivity (Wildman–Crippen MR) is 39.2 cm³/mol. The van der Waals surface area contributed by atoms with Crippen LogP contribution in [-0.4, -0.2) is 26.3 Å². The first-order valence-electron chi connectivity index (χ1n) is 3.16. The molecule has 0 spiro atoms. The quantitative estimate of drug-likeness (QED) is 0.491. The second-order valence-corrected chi connectivity index (χ2v) is 1.65.